The Hall–Kier alpha value is -1.89. The fourth-order valence-corrected chi connectivity index (χ4v) is 2.69. The van der Waals surface area contributed by atoms with Gasteiger partial charge in [0.05, 0.1) is 4.90 Å². The molecule has 2 aromatic rings. The molecule has 0 aliphatic carbocycles. The minimum atomic E-state index is -0.506. The van der Waals surface area contributed by atoms with Gasteiger partial charge in [0.15, 0.2) is 10.9 Å². The highest BCUT2D eigenvalue weighted by Crippen LogP contribution is 2.29. The summed E-state index contributed by atoms with van der Waals surface area (Å²) in [4.78, 5) is 23.1. The molecule has 0 radical (unpaired) electrons. The monoisotopic (exact) mass is 295 g/mol. The van der Waals surface area contributed by atoms with Crippen LogP contribution >= 0.6 is 11.8 Å². The van der Waals surface area contributed by atoms with Crippen LogP contribution < -0.4 is 5.69 Å². The van der Waals surface area contributed by atoms with Gasteiger partial charge < -0.3 is 0 Å². The van der Waals surface area contributed by atoms with Crippen molar-refractivity contribution < 1.29 is 9.18 Å². The third kappa shape index (κ3) is 2.82. The van der Waals surface area contributed by atoms with E-state index < -0.39 is 5.82 Å². The minimum Gasteiger partial charge on any atom is -0.295 e. The normalized spacial score (nSPS) is 11.1. The molecular formula is C13H14FN3O2S. The molecule has 0 bridgehead atoms. The van der Waals surface area contributed by atoms with Crippen LogP contribution in [0.5, 0.6) is 0 Å². The zero-order chi connectivity index (χ0) is 14.9. The predicted molar refractivity (Wildman–Crippen MR) is 73.8 cm³/mol. The van der Waals surface area contributed by atoms with Crippen molar-refractivity contribution in [2.75, 3.05) is 0 Å². The lowest BCUT2D eigenvalue weighted by Crippen LogP contribution is -2.19. The van der Waals surface area contributed by atoms with Gasteiger partial charge in [0.1, 0.15) is 5.82 Å². The summed E-state index contributed by atoms with van der Waals surface area (Å²) in [6.07, 6.45) is 0. The van der Waals surface area contributed by atoms with Gasteiger partial charge in [-0.2, -0.15) is 0 Å². The number of halogens is 1. The molecule has 7 heteroatoms. The van der Waals surface area contributed by atoms with Crippen LogP contribution in [-0.4, -0.2) is 20.5 Å². The number of aromatic nitrogens is 3. The Kier molecular flexibility index (Phi) is 4.08. The number of benzene rings is 1. The number of hydrogen-bond donors (Lipinski definition) is 1. The van der Waals surface area contributed by atoms with E-state index in [0.717, 1.165) is 11.8 Å². The van der Waals surface area contributed by atoms with Crippen LogP contribution in [0.3, 0.4) is 0 Å². The summed E-state index contributed by atoms with van der Waals surface area (Å²) in [5.41, 5.74) is -0.0154. The molecule has 0 unspecified atom stereocenters. The van der Waals surface area contributed by atoms with Crippen LogP contribution in [0.1, 0.15) is 37.2 Å². The maximum atomic E-state index is 13.9. The third-order valence-electron chi connectivity index (χ3n) is 2.73. The summed E-state index contributed by atoms with van der Waals surface area (Å²) in [7, 11) is 0. The Bertz CT molecular complexity index is 706. The lowest BCUT2D eigenvalue weighted by molar-refractivity contribution is 0.101. The summed E-state index contributed by atoms with van der Waals surface area (Å²) in [6, 6.07) is 4.18. The highest BCUT2D eigenvalue weighted by molar-refractivity contribution is 7.99. The first-order valence-electron chi connectivity index (χ1n) is 6.05. The molecule has 0 aliphatic heterocycles. The fourth-order valence-electron chi connectivity index (χ4n) is 1.72. The SMILES string of the molecule is CC(=O)c1ccc(Sc2n[nH]c(=O)n2C(C)C)c(F)c1. The molecule has 0 fully saturated rings. The second kappa shape index (κ2) is 5.62. The van der Waals surface area contributed by atoms with Crippen molar-refractivity contribution in [1.29, 1.82) is 0 Å². The molecule has 1 N–H and O–H groups in total. The highest BCUT2D eigenvalue weighted by Gasteiger charge is 2.15. The molecule has 1 heterocycles. The average molecular weight is 295 g/mol. The second-order valence-corrected chi connectivity index (χ2v) is 5.59. The van der Waals surface area contributed by atoms with Gasteiger partial charge in [0.2, 0.25) is 0 Å². The van der Waals surface area contributed by atoms with Gasteiger partial charge in [0.25, 0.3) is 0 Å². The zero-order valence-electron chi connectivity index (χ0n) is 11.3. The van der Waals surface area contributed by atoms with Crippen LogP contribution in [0, 0.1) is 5.82 Å². The maximum Gasteiger partial charge on any atom is 0.344 e. The first kappa shape index (κ1) is 14.5. The van der Waals surface area contributed by atoms with Gasteiger partial charge in [-0.05, 0) is 44.7 Å². The van der Waals surface area contributed by atoms with E-state index in [0.29, 0.717) is 15.6 Å². The Labute approximate surface area is 119 Å². The number of ketones is 1. The number of Topliss-reactive ketones (excluding diaryl/α,β-unsaturated/α-hetero) is 1. The number of hydrogen-bond acceptors (Lipinski definition) is 4. The predicted octanol–water partition coefficient (Wildman–Crippen LogP) is 2.65. The van der Waals surface area contributed by atoms with Gasteiger partial charge >= 0.3 is 5.69 Å². The molecule has 1 aromatic heterocycles. The van der Waals surface area contributed by atoms with Gasteiger partial charge in [-0.15, -0.1) is 5.10 Å². The van der Waals surface area contributed by atoms with E-state index in [2.05, 4.69) is 10.2 Å². The third-order valence-corrected chi connectivity index (χ3v) is 3.75. The molecule has 106 valence electrons. The van der Waals surface area contributed by atoms with Gasteiger partial charge in [-0.1, -0.05) is 6.07 Å². The van der Waals surface area contributed by atoms with Crippen LogP contribution in [0.15, 0.2) is 33.0 Å². The molecule has 0 spiro atoms. The van der Waals surface area contributed by atoms with Crippen LogP contribution in [-0.2, 0) is 0 Å². The lowest BCUT2D eigenvalue weighted by atomic mass is 10.1. The van der Waals surface area contributed by atoms with Crippen LogP contribution in [0.2, 0.25) is 0 Å². The first-order chi connectivity index (χ1) is 9.40. The fraction of sp³-hybridized carbons (Fsp3) is 0.308. The molecule has 20 heavy (non-hydrogen) atoms. The van der Waals surface area contributed by atoms with E-state index >= 15 is 0 Å². The summed E-state index contributed by atoms with van der Waals surface area (Å²) in [5.74, 6) is -0.701. The second-order valence-electron chi connectivity index (χ2n) is 4.58. The van der Waals surface area contributed by atoms with Gasteiger partial charge in [-0.3, -0.25) is 9.36 Å². The largest absolute Gasteiger partial charge is 0.344 e. The maximum absolute atomic E-state index is 13.9. The molecule has 0 aliphatic rings. The number of aromatic amines is 1. The Morgan fingerprint density at radius 2 is 2.15 bits per heavy atom. The number of carbonyl (C=O) groups is 1. The van der Waals surface area contributed by atoms with Crippen molar-refractivity contribution in [2.24, 2.45) is 0 Å². The molecule has 5 nitrogen and oxygen atoms in total. The van der Waals surface area contributed by atoms with Crippen molar-refractivity contribution in [3.05, 3.63) is 40.1 Å². The minimum absolute atomic E-state index is 0.0803. The first-order valence-corrected chi connectivity index (χ1v) is 6.87. The van der Waals surface area contributed by atoms with Crippen molar-refractivity contribution in [3.63, 3.8) is 0 Å². The quantitative estimate of drug-likeness (QED) is 0.880. The van der Waals surface area contributed by atoms with E-state index in [1.165, 1.54) is 23.6 Å². The van der Waals surface area contributed by atoms with Gasteiger partial charge in [-0.25, -0.2) is 14.3 Å². The molecule has 0 atom stereocenters. The van der Waals surface area contributed by atoms with E-state index in [-0.39, 0.29) is 17.5 Å². The lowest BCUT2D eigenvalue weighted by Gasteiger charge is -2.09. The smallest absolute Gasteiger partial charge is 0.295 e. The topological polar surface area (TPSA) is 67.8 Å². The molecule has 1 aromatic carbocycles. The molecule has 0 amide bonds. The number of rotatable bonds is 4. The van der Waals surface area contributed by atoms with Crippen LogP contribution in [0.25, 0.3) is 0 Å². The van der Waals surface area contributed by atoms with Crippen molar-refractivity contribution >= 4 is 17.5 Å². The summed E-state index contributed by atoms with van der Waals surface area (Å²) in [5, 5.41) is 6.62. The molecule has 0 saturated heterocycles. The number of carbonyl (C=O) groups excluding carboxylic acids is 1. The van der Waals surface area contributed by atoms with Gasteiger partial charge in [0, 0.05) is 11.6 Å². The van der Waals surface area contributed by atoms with Crippen molar-refractivity contribution in [2.45, 2.75) is 36.9 Å². The van der Waals surface area contributed by atoms with E-state index in [1.54, 1.807) is 6.07 Å². The average Bonchev–Trinajstić information content (AvgIpc) is 2.72. The Balaban J connectivity index is 2.36. The summed E-state index contributed by atoms with van der Waals surface area (Å²) >= 11 is 1.04. The number of nitrogens with zero attached hydrogens (tertiary/aromatic N) is 2. The summed E-state index contributed by atoms with van der Waals surface area (Å²) < 4.78 is 15.4. The Morgan fingerprint density at radius 3 is 2.70 bits per heavy atom. The zero-order valence-corrected chi connectivity index (χ0v) is 12.1. The van der Waals surface area contributed by atoms with Crippen molar-refractivity contribution in [3.8, 4) is 0 Å². The van der Waals surface area contributed by atoms with E-state index in [1.807, 2.05) is 13.8 Å². The highest BCUT2D eigenvalue weighted by atomic mass is 32.2. The molecule has 2 rings (SSSR count). The summed E-state index contributed by atoms with van der Waals surface area (Å²) in [6.45, 7) is 5.07. The number of nitrogens with one attached hydrogen (secondary N) is 1. The molecular weight excluding hydrogens is 281 g/mol. The van der Waals surface area contributed by atoms with E-state index in [4.69, 9.17) is 0 Å². The van der Waals surface area contributed by atoms with Crippen molar-refractivity contribution in [1.82, 2.24) is 14.8 Å². The van der Waals surface area contributed by atoms with E-state index in [9.17, 15) is 14.0 Å². The standard InChI is InChI=1S/C13H14FN3O2S/c1-7(2)17-12(19)15-16-13(17)20-11-5-4-9(8(3)18)6-10(11)14/h4-7H,1-3H3,(H,15,19). The molecule has 0 saturated carbocycles. The number of H-pyrrole nitrogens is 1. The van der Waals surface area contributed by atoms with Crippen LogP contribution in [0.4, 0.5) is 4.39 Å². The Morgan fingerprint density at radius 1 is 1.45 bits per heavy atom.